The predicted octanol–water partition coefficient (Wildman–Crippen LogP) is 6.21. The maximum absolute atomic E-state index is 12.2. The summed E-state index contributed by atoms with van der Waals surface area (Å²) in [4.78, 5) is 12.2. The van der Waals surface area contributed by atoms with Gasteiger partial charge in [-0.25, -0.2) is 0 Å². The first-order valence-corrected chi connectivity index (χ1v) is 9.45. The molecule has 0 saturated carbocycles. The van der Waals surface area contributed by atoms with Crippen LogP contribution in [0.4, 0.5) is 0 Å². The Labute approximate surface area is 170 Å². The Balaban J connectivity index is 1.72. The van der Waals surface area contributed by atoms with E-state index in [-0.39, 0.29) is 5.78 Å². The Morgan fingerprint density at radius 2 is 1.68 bits per heavy atom. The molecule has 3 nitrogen and oxygen atoms in total. The largest absolute Gasteiger partial charge is 0.490 e. The van der Waals surface area contributed by atoms with Crippen molar-refractivity contribution in [1.29, 1.82) is 0 Å². The fraction of sp³-hybridized carbons (Fsp3) is 0.125. The van der Waals surface area contributed by atoms with Gasteiger partial charge in [0.1, 0.15) is 6.61 Å². The lowest BCUT2D eigenvalue weighted by atomic mass is 10.1. The minimum Gasteiger partial charge on any atom is -0.490 e. The van der Waals surface area contributed by atoms with Crippen LogP contribution in [0.3, 0.4) is 0 Å². The van der Waals surface area contributed by atoms with Gasteiger partial charge in [-0.1, -0.05) is 66.2 Å². The molecular formula is C24H21ClO3. The van der Waals surface area contributed by atoms with Crippen molar-refractivity contribution in [2.24, 2.45) is 0 Å². The first kappa shape index (κ1) is 19.7. The van der Waals surface area contributed by atoms with Gasteiger partial charge in [0, 0.05) is 10.6 Å². The number of ether oxygens (including phenoxy) is 2. The predicted molar refractivity (Wildman–Crippen MR) is 113 cm³/mol. The number of carbonyl (C=O) groups is 1. The van der Waals surface area contributed by atoms with Gasteiger partial charge >= 0.3 is 0 Å². The molecule has 28 heavy (non-hydrogen) atoms. The molecule has 3 aromatic rings. The molecule has 0 amide bonds. The highest BCUT2D eigenvalue weighted by atomic mass is 35.5. The Morgan fingerprint density at radius 1 is 0.929 bits per heavy atom. The number of halogens is 1. The SMILES string of the molecule is CCOc1cc(/C=C/C(=O)c2ccccc2)ccc1OCc1ccc(Cl)cc1. The first-order valence-electron chi connectivity index (χ1n) is 9.07. The molecule has 142 valence electrons. The summed E-state index contributed by atoms with van der Waals surface area (Å²) in [5.41, 5.74) is 2.54. The fourth-order valence-corrected chi connectivity index (χ4v) is 2.75. The van der Waals surface area contributed by atoms with Gasteiger partial charge in [-0.2, -0.15) is 0 Å². The van der Waals surface area contributed by atoms with Crippen LogP contribution in [0.15, 0.2) is 78.9 Å². The smallest absolute Gasteiger partial charge is 0.185 e. The molecule has 0 fully saturated rings. The highest BCUT2D eigenvalue weighted by molar-refractivity contribution is 6.30. The van der Waals surface area contributed by atoms with Crippen LogP contribution in [0.1, 0.15) is 28.4 Å². The van der Waals surface area contributed by atoms with Crippen LogP contribution in [0, 0.1) is 0 Å². The lowest BCUT2D eigenvalue weighted by Gasteiger charge is -2.13. The van der Waals surface area contributed by atoms with E-state index in [1.807, 2.05) is 67.6 Å². The van der Waals surface area contributed by atoms with Crippen LogP contribution in [0.5, 0.6) is 11.5 Å². The van der Waals surface area contributed by atoms with Crippen molar-refractivity contribution < 1.29 is 14.3 Å². The molecule has 0 bridgehead atoms. The van der Waals surface area contributed by atoms with Gasteiger partial charge in [-0.15, -0.1) is 0 Å². The Hall–Kier alpha value is -3.04. The minimum absolute atomic E-state index is 0.0402. The number of carbonyl (C=O) groups excluding carboxylic acids is 1. The van der Waals surface area contributed by atoms with Gasteiger partial charge in [0.25, 0.3) is 0 Å². The molecule has 0 spiro atoms. The molecule has 0 heterocycles. The minimum atomic E-state index is -0.0402. The van der Waals surface area contributed by atoms with E-state index in [4.69, 9.17) is 21.1 Å². The fourth-order valence-electron chi connectivity index (χ4n) is 2.63. The summed E-state index contributed by atoms with van der Waals surface area (Å²) in [5, 5.41) is 0.694. The zero-order valence-electron chi connectivity index (χ0n) is 15.6. The molecular weight excluding hydrogens is 372 g/mol. The lowest BCUT2D eigenvalue weighted by Crippen LogP contribution is -2.00. The number of allylic oxidation sites excluding steroid dienone is 1. The Morgan fingerprint density at radius 3 is 2.39 bits per heavy atom. The molecule has 0 atom stereocenters. The summed E-state index contributed by atoms with van der Waals surface area (Å²) in [6.45, 7) is 2.86. The van der Waals surface area contributed by atoms with Crippen LogP contribution >= 0.6 is 11.6 Å². The van der Waals surface area contributed by atoms with E-state index in [1.165, 1.54) is 0 Å². The Bertz CT molecular complexity index is 947. The molecule has 0 radical (unpaired) electrons. The van der Waals surface area contributed by atoms with E-state index in [9.17, 15) is 4.79 Å². The molecule has 0 aromatic heterocycles. The summed E-state index contributed by atoms with van der Waals surface area (Å²) < 4.78 is 11.6. The third-order valence-electron chi connectivity index (χ3n) is 4.06. The van der Waals surface area contributed by atoms with Crippen LogP contribution < -0.4 is 9.47 Å². The molecule has 0 aliphatic rings. The van der Waals surface area contributed by atoms with E-state index < -0.39 is 0 Å². The topological polar surface area (TPSA) is 35.5 Å². The quantitative estimate of drug-likeness (QED) is 0.337. The van der Waals surface area contributed by atoms with Crippen molar-refractivity contribution in [3.05, 3.63) is 101 Å². The number of hydrogen-bond acceptors (Lipinski definition) is 3. The molecule has 0 saturated heterocycles. The summed E-state index contributed by atoms with van der Waals surface area (Å²) in [7, 11) is 0. The van der Waals surface area contributed by atoms with Gasteiger partial charge in [-0.05, 0) is 48.4 Å². The standard InChI is InChI=1S/C24H21ClO3/c1-2-27-24-16-18(10-14-22(26)20-6-4-3-5-7-20)11-15-23(24)28-17-19-8-12-21(25)13-9-19/h3-16H,2,17H2,1H3/b14-10+. The van der Waals surface area contributed by atoms with Gasteiger partial charge in [0.15, 0.2) is 17.3 Å². The highest BCUT2D eigenvalue weighted by Crippen LogP contribution is 2.30. The zero-order chi connectivity index (χ0) is 19.8. The first-order chi connectivity index (χ1) is 13.7. The summed E-state index contributed by atoms with van der Waals surface area (Å²) >= 11 is 5.91. The molecule has 0 N–H and O–H groups in total. The van der Waals surface area contributed by atoms with Crippen molar-refractivity contribution in [2.45, 2.75) is 13.5 Å². The normalized spacial score (nSPS) is 10.8. The third-order valence-corrected chi connectivity index (χ3v) is 4.31. The van der Waals surface area contributed by atoms with Crippen molar-refractivity contribution in [2.75, 3.05) is 6.61 Å². The Kier molecular flexibility index (Phi) is 6.88. The summed E-state index contributed by atoms with van der Waals surface area (Å²) in [5.74, 6) is 1.26. The molecule has 3 rings (SSSR count). The molecule has 0 unspecified atom stereocenters. The summed E-state index contributed by atoms with van der Waals surface area (Å²) in [6.07, 6.45) is 3.34. The van der Waals surface area contributed by atoms with Crippen molar-refractivity contribution in [3.63, 3.8) is 0 Å². The van der Waals surface area contributed by atoms with Crippen molar-refractivity contribution in [1.82, 2.24) is 0 Å². The third kappa shape index (κ3) is 5.48. The molecule has 4 heteroatoms. The van der Waals surface area contributed by atoms with E-state index in [0.29, 0.717) is 35.3 Å². The van der Waals surface area contributed by atoms with E-state index >= 15 is 0 Å². The van der Waals surface area contributed by atoms with Gasteiger partial charge < -0.3 is 9.47 Å². The average molecular weight is 393 g/mol. The van der Waals surface area contributed by atoms with Crippen LogP contribution in [-0.2, 0) is 6.61 Å². The second-order valence-electron chi connectivity index (χ2n) is 6.12. The van der Waals surface area contributed by atoms with E-state index in [2.05, 4.69) is 0 Å². The van der Waals surface area contributed by atoms with E-state index in [1.54, 1.807) is 24.3 Å². The monoisotopic (exact) mass is 392 g/mol. The van der Waals surface area contributed by atoms with Crippen molar-refractivity contribution in [3.8, 4) is 11.5 Å². The van der Waals surface area contributed by atoms with Crippen LogP contribution in [0.2, 0.25) is 5.02 Å². The average Bonchev–Trinajstić information content (AvgIpc) is 2.73. The van der Waals surface area contributed by atoms with Crippen LogP contribution in [0.25, 0.3) is 6.08 Å². The second kappa shape index (κ2) is 9.77. The number of benzene rings is 3. The summed E-state index contributed by atoms with van der Waals surface area (Å²) in [6, 6.07) is 22.3. The number of ketones is 1. The molecule has 0 aliphatic heterocycles. The maximum Gasteiger partial charge on any atom is 0.185 e. The van der Waals surface area contributed by atoms with Gasteiger partial charge in [0.2, 0.25) is 0 Å². The van der Waals surface area contributed by atoms with Gasteiger partial charge in [-0.3, -0.25) is 4.79 Å². The number of rotatable bonds is 8. The molecule has 0 aliphatic carbocycles. The zero-order valence-corrected chi connectivity index (χ0v) is 16.4. The second-order valence-corrected chi connectivity index (χ2v) is 6.55. The van der Waals surface area contributed by atoms with Crippen LogP contribution in [-0.4, -0.2) is 12.4 Å². The lowest BCUT2D eigenvalue weighted by molar-refractivity contribution is 0.104. The maximum atomic E-state index is 12.2. The number of hydrogen-bond donors (Lipinski definition) is 0. The molecule has 3 aromatic carbocycles. The van der Waals surface area contributed by atoms with Crippen molar-refractivity contribution >= 4 is 23.5 Å². The van der Waals surface area contributed by atoms with E-state index in [0.717, 1.165) is 11.1 Å². The van der Waals surface area contributed by atoms with Gasteiger partial charge in [0.05, 0.1) is 6.61 Å². The highest BCUT2D eigenvalue weighted by Gasteiger charge is 2.07.